The molecule has 0 aromatic heterocycles. The third-order valence-electron chi connectivity index (χ3n) is 2.25. The van der Waals surface area contributed by atoms with E-state index in [1.165, 1.54) is 0 Å². The summed E-state index contributed by atoms with van der Waals surface area (Å²) < 4.78 is 5.66. The summed E-state index contributed by atoms with van der Waals surface area (Å²) in [6, 6.07) is 0. The standard InChI is InChI=1S/C9H18N2OS/c1-2-6-12-8-4-3-5-11(7-8)9(10)13/h8H,2-7H2,1H3,(H2,10,13). The summed E-state index contributed by atoms with van der Waals surface area (Å²) in [5.41, 5.74) is 5.56. The molecule has 0 aromatic rings. The second-order valence-corrected chi connectivity index (χ2v) is 3.84. The van der Waals surface area contributed by atoms with Crippen LogP contribution in [0.5, 0.6) is 0 Å². The van der Waals surface area contributed by atoms with E-state index in [4.69, 9.17) is 22.7 Å². The molecule has 0 bridgehead atoms. The van der Waals surface area contributed by atoms with Gasteiger partial charge in [0.05, 0.1) is 6.10 Å². The molecule has 4 heteroatoms. The number of thiocarbonyl (C=S) groups is 1. The molecule has 1 aliphatic heterocycles. The van der Waals surface area contributed by atoms with Crippen molar-refractivity contribution in [3.63, 3.8) is 0 Å². The first-order chi connectivity index (χ1) is 6.24. The van der Waals surface area contributed by atoms with Crippen LogP contribution in [0.1, 0.15) is 26.2 Å². The van der Waals surface area contributed by atoms with Crippen LogP contribution >= 0.6 is 12.2 Å². The van der Waals surface area contributed by atoms with Gasteiger partial charge >= 0.3 is 0 Å². The van der Waals surface area contributed by atoms with Crippen molar-refractivity contribution in [3.8, 4) is 0 Å². The number of ether oxygens (including phenoxy) is 1. The molecule has 2 N–H and O–H groups in total. The Balaban J connectivity index is 2.29. The van der Waals surface area contributed by atoms with Gasteiger partial charge in [-0.15, -0.1) is 0 Å². The predicted molar refractivity (Wildman–Crippen MR) is 57.6 cm³/mol. The molecule has 76 valence electrons. The van der Waals surface area contributed by atoms with Gasteiger partial charge in [-0.3, -0.25) is 0 Å². The van der Waals surface area contributed by atoms with E-state index >= 15 is 0 Å². The molecule has 1 fully saturated rings. The molecule has 0 saturated carbocycles. The van der Waals surface area contributed by atoms with Gasteiger partial charge < -0.3 is 15.4 Å². The molecule has 0 aromatic carbocycles. The largest absolute Gasteiger partial charge is 0.376 e. The van der Waals surface area contributed by atoms with Crippen LogP contribution in [-0.4, -0.2) is 35.8 Å². The maximum Gasteiger partial charge on any atom is 0.166 e. The van der Waals surface area contributed by atoms with Gasteiger partial charge in [0.2, 0.25) is 0 Å². The lowest BCUT2D eigenvalue weighted by molar-refractivity contribution is 0.0168. The van der Waals surface area contributed by atoms with Crippen molar-refractivity contribution >= 4 is 17.3 Å². The minimum atomic E-state index is 0.329. The highest BCUT2D eigenvalue weighted by molar-refractivity contribution is 7.80. The van der Waals surface area contributed by atoms with Gasteiger partial charge in [-0.25, -0.2) is 0 Å². The summed E-state index contributed by atoms with van der Waals surface area (Å²) in [7, 11) is 0. The maximum atomic E-state index is 5.66. The molecular formula is C9H18N2OS. The minimum absolute atomic E-state index is 0.329. The van der Waals surface area contributed by atoms with Crippen molar-refractivity contribution in [1.29, 1.82) is 0 Å². The molecule has 3 nitrogen and oxygen atoms in total. The first kappa shape index (κ1) is 10.7. The number of rotatable bonds is 3. The van der Waals surface area contributed by atoms with Crippen LogP contribution in [0.3, 0.4) is 0 Å². The molecular weight excluding hydrogens is 184 g/mol. The Morgan fingerprint density at radius 2 is 2.46 bits per heavy atom. The van der Waals surface area contributed by atoms with Crippen LogP contribution in [0.2, 0.25) is 0 Å². The van der Waals surface area contributed by atoms with E-state index in [9.17, 15) is 0 Å². The molecule has 0 radical (unpaired) electrons. The van der Waals surface area contributed by atoms with Crippen molar-refractivity contribution in [2.45, 2.75) is 32.3 Å². The van der Waals surface area contributed by atoms with Crippen LogP contribution in [0.25, 0.3) is 0 Å². The quantitative estimate of drug-likeness (QED) is 0.696. The van der Waals surface area contributed by atoms with E-state index in [1.807, 2.05) is 4.90 Å². The van der Waals surface area contributed by atoms with Crippen LogP contribution in [-0.2, 0) is 4.74 Å². The van der Waals surface area contributed by atoms with Crippen molar-refractivity contribution in [1.82, 2.24) is 4.90 Å². The van der Waals surface area contributed by atoms with E-state index < -0.39 is 0 Å². The minimum Gasteiger partial charge on any atom is -0.376 e. The average Bonchev–Trinajstić information content (AvgIpc) is 2.15. The van der Waals surface area contributed by atoms with Gasteiger partial charge in [-0.1, -0.05) is 6.92 Å². The lowest BCUT2D eigenvalue weighted by Gasteiger charge is -2.32. The summed E-state index contributed by atoms with van der Waals surface area (Å²) in [6.07, 6.45) is 3.67. The van der Waals surface area contributed by atoms with E-state index in [-0.39, 0.29) is 0 Å². The Hall–Kier alpha value is -0.350. The zero-order valence-corrected chi connectivity index (χ0v) is 8.98. The molecule has 1 saturated heterocycles. The van der Waals surface area contributed by atoms with Crippen molar-refractivity contribution < 1.29 is 4.74 Å². The van der Waals surface area contributed by atoms with Crippen LogP contribution < -0.4 is 5.73 Å². The fourth-order valence-electron chi connectivity index (χ4n) is 1.56. The fraction of sp³-hybridized carbons (Fsp3) is 0.889. The Bertz CT molecular complexity index is 175. The lowest BCUT2D eigenvalue weighted by atomic mass is 10.1. The number of nitrogens with zero attached hydrogens (tertiary/aromatic N) is 1. The molecule has 0 aliphatic carbocycles. The van der Waals surface area contributed by atoms with E-state index in [0.717, 1.165) is 39.0 Å². The Morgan fingerprint density at radius 1 is 1.69 bits per heavy atom. The molecule has 1 heterocycles. The molecule has 1 rings (SSSR count). The van der Waals surface area contributed by atoms with Crippen LogP contribution in [0.4, 0.5) is 0 Å². The van der Waals surface area contributed by atoms with Crippen molar-refractivity contribution in [3.05, 3.63) is 0 Å². The topological polar surface area (TPSA) is 38.5 Å². The molecule has 0 amide bonds. The Labute approximate surface area is 85.2 Å². The predicted octanol–water partition coefficient (Wildman–Crippen LogP) is 1.12. The van der Waals surface area contributed by atoms with Gasteiger partial charge in [0.25, 0.3) is 0 Å². The van der Waals surface area contributed by atoms with Crippen molar-refractivity contribution in [2.24, 2.45) is 5.73 Å². The summed E-state index contributed by atoms with van der Waals surface area (Å²) >= 11 is 4.93. The van der Waals surface area contributed by atoms with Gasteiger partial charge in [0, 0.05) is 19.7 Å². The zero-order chi connectivity index (χ0) is 9.68. The number of hydrogen-bond donors (Lipinski definition) is 1. The van der Waals surface area contributed by atoms with Gasteiger partial charge in [0.1, 0.15) is 0 Å². The van der Waals surface area contributed by atoms with Crippen molar-refractivity contribution in [2.75, 3.05) is 19.7 Å². The van der Waals surface area contributed by atoms with E-state index in [1.54, 1.807) is 0 Å². The second-order valence-electron chi connectivity index (χ2n) is 3.42. The highest BCUT2D eigenvalue weighted by Crippen LogP contribution is 2.12. The Kier molecular flexibility index (Phi) is 4.45. The highest BCUT2D eigenvalue weighted by Gasteiger charge is 2.20. The number of hydrogen-bond acceptors (Lipinski definition) is 2. The number of likely N-dealkylation sites (tertiary alicyclic amines) is 1. The van der Waals surface area contributed by atoms with Gasteiger partial charge in [-0.2, -0.15) is 0 Å². The molecule has 13 heavy (non-hydrogen) atoms. The molecule has 1 atom stereocenters. The molecule has 1 unspecified atom stereocenters. The van der Waals surface area contributed by atoms with Crippen LogP contribution in [0, 0.1) is 0 Å². The van der Waals surface area contributed by atoms with Crippen LogP contribution in [0.15, 0.2) is 0 Å². The maximum absolute atomic E-state index is 5.66. The van der Waals surface area contributed by atoms with Gasteiger partial charge in [-0.05, 0) is 31.5 Å². The fourth-order valence-corrected chi connectivity index (χ4v) is 1.72. The third-order valence-corrected chi connectivity index (χ3v) is 2.51. The SMILES string of the molecule is CCCOC1CCCN(C(N)=S)C1. The average molecular weight is 202 g/mol. The summed E-state index contributed by atoms with van der Waals surface area (Å²) in [5, 5.41) is 0.504. The lowest BCUT2D eigenvalue weighted by Crippen LogP contribution is -2.45. The summed E-state index contributed by atoms with van der Waals surface area (Å²) in [6.45, 7) is 4.82. The molecule has 1 aliphatic rings. The van der Waals surface area contributed by atoms with E-state index in [0.29, 0.717) is 11.2 Å². The first-order valence-corrected chi connectivity index (χ1v) is 5.31. The first-order valence-electron chi connectivity index (χ1n) is 4.90. The molecule has 0 spiro atoms. The number of piperidine rings is 1. The third kappa shape index (κ3) is 3.48. The summed E-state index contributed by atoms with van der Waals surface area (Å²) in [5.74, 6) is 0. The Morgan fingerprint density at radius 3 is 3.08 bits per heavy atom. The number of nitrogens with two attached hydrogens (primary N) is 1. The van der Waals surface area contributed by atoms with E-state index in [2.05, 4.69) is 6.92 Å². The smallest absolute Gasteiger partial charge is 0.166 e. The normalized spacial score (nSPS) is 23.2. The monoisotopic (exact) mass is 202 g/mol. The highest BCUT2D eigenvalue weighted by atomic mass is 32.1. The second kappa shape index (κ2) is 5.40. The summed E-state index contributed by atoms with van der Waals surface area (Å²) in [4.78, 5) is 2.03. The van der Waals surface area contributed by atoms with Gasteiger partial charge in [0.15, 0.2) is 5.11 Å². The zero-order valence-electron chi connectivity index (χ0n) is 8.16.